The predicted octanol–water partition coefficient (Wildman–Crippen LogP) is -0.403. The number of esters is 1. The SMILES string of the molecule is CCOC(=O)CCC(=O)NC(C)C(=O)NCCOC. The van der Waals surface area contributed by atoms with Gasteiger partial charge >= 0.3 is 5.97 Å². The van der Waals surface area contributed by atoms with Crippen LogP contribution in [-0.4, -0.2) is 50.7 Å². The minimum atomic E-state index is -0.647. The largest absolute Gasteiger partial charge is 0.466 e. The predicted molar refractivity (Wildman–Crippen MR) is 68.4 cm³/mol. The van der Waals surface area contributed by atoms with E-state index in [-0.39, 0.29) is 24.7 Å². The summed E-state index contributed by atoms with van der Waals surface area (Å²) >= 11 is 0. The summed E-state index contributed by atoms with van der Waals surface area (Å²) in [5.41, 5.74) is 0. The molecule has 0 spiro atoms. The van der Waals surface area contributed by atoms with Crippen LogP contribution < -0.4 is 10.6 Å². The van der Waals surface area contributed by atoms with E-state index in [1.165, 1.54) is 7.11 Å². The first-order chi connectivity index (χ1) is 9.01. The fraction of sp³-hybridized carbons (Fsp3) is 0.750. The third-order valence-corrected chi connectivity index (χ3v) is 2.24. The molecule has 0 bridgehead atoms. The Morgan fingerprint density at radius 1 is 1.21 bits per heavy atom. The van der Waals surface area contributed by atoms with E-state index in [0.29, 0.717) is 19.8 Å². The van der Waals surface area contributed by atoms with Crippen molar-refractivity contribution in [1.82, 2.24) is 10.6 Å². The lowest BCUT2D eigenvalue weighted by Crippen LogP contribution is -2.45. The van der Waals surface area contributed by atoms with Gasteiger partial charge in [-0.05, 0) is 13.8 Å². The summed E-state index contributed by atoms with van der Waals surface area (Å²) in [6.45, 7) is 4.36. The molecule has 0 aliphatic carbocycles. The average Bonchev–Trinajstić information content (AvgIpc) is 2.36. The highest BCUT2D eigenvalue weighted by Gasteiger charge is 2.15. The van der Waals surface area contributed by atoms with Crippen molar-refractivity contribution < 1.29 is 23.9 Å². The van der Waals surface area contributed by atoms with Crippen molar-refractivity contribution in [2.24, 2.45) is 0 Å². The first-order valence-corrected chi connectivity index (χ1v) is 6.22. The molecule has 7 heteroatoms. The van der Waals surface area contributed by atoms with Gasteiger partial charge in [0.25, 0.3) is 0 Å². The van der Waals surface area contributed by atoms with E-state index in [1.54, 1.807) is 13.8 Å². The van der Waals surface area contributed by atoms with Gasteiger partial charge in [0.15, 0.2) is 0 Å². The maximum atomic E-state index is 11.5. The van der Waals surface area contributed by atoms with Crippen molar-refractivity contribution in [2.75, 3.05) is 26.9 Å². The summed E-state index contributed by atoms with van der Waals surface area (Å²) in [5.74, 6) is -1.07. The molecule has 19 heavy (non-hydrogen) atoms. The van der Waals surface area contributed by atoms with Crippen LogP contribution in [0.5, 0.6) is 0 Å². The second-order valence-electron chi connectivity index (χ2n) is 3.88. The van der Waals surface area contributed by atoms with Gasteiger partial charge in [0.05, 0.1) is 19.6 Å². The van der Waals surface area contributed by atoms with Crippen molar-refractivity contribution >= 4 is 17.8 Å². The molecule has 1 atom stereocenters. The third kappa shape index (κ3) is 9.01. The fourth-order valence-corrected chi connectivity index (χ4v) is 1.26. The van der Waals surface area contributed by atoms with E-state index < -0.39 is 12.0 Å². The molecule has 0 aromatic rings. The topological polar surface area (TPSA) is 93.7 Å². The Morgan fingerprint density at radius 3 is 2.47 bits per heavy atom. The van der Waals surface area contributed by atoms with Crippen LogP contribution in [0, 0.1) is 0 Å². The first kappa shape index (κ1) is 17.4. The van der Waals surface area contributed by atoms with E-state index in [9.17, 15) is 14.4 Å². The van der Waals surface area contributed by atoms with E-state index in [4.69, 9.17) is 9.47 Å². The van der Waals surface area contributed by atoms with Crippen LogP contribution in [0.1, 0.15) is 26.7 Å². The molecule has 2 N–H and O–H groups in total. The van der Waals surface area contributed by atoms with E-state index >= 15 is 0 Å². The molecule has 7 nitrogen and oxygen atoms in total. The number of hydrogen-bond acceptors (Lipinski definition) is 5. The van der Waals surface area contributed by atoms with Crippen LogP contribution in [0.3, 0.4) is 0 Å². The molecule has 0 aliphatic heterocycles. The summed E-state index contributed by atoms with van der Waals surface area (Å²) < 4.78 is 9.49. The lowest BCUT2D eigenvalue weighted by atomic mass is 10.2. The Balaban J connectivity index is 3.85. The number of nitrogens with one attached hydrogen (secondary N) is 2. The zero-order valence-electron chi connectivity index (χ0n) is 11.7. The summed E-state index contributed by atoms with van der Waals surface area (Å²) in [5, 5.41) is 5.11. The number of hydrogen-bond donors (Lipinski definition) is 2. The van der Waals surface area contributed by atoms with Gasteiger partial charge in [0.1, 0.15) is 6.04 Å². The number of carbonyl (C=O) groups is 3. The molecule has 0 aromatic carbocycles. The van der Waals surface area contributed by atoms with Crippen LogP contribution >= 0.6 is 0 Å². The quantitative estimate of drug-likeness (QED) is 0.440. The highest BCUT2D eigenvalue weighted by Crippen LogP contribution is 1.94. The molecule has 0 radical (unpaired) electrons. The number of ether oxygens (including phenoxy) is 2. The molecule has 0 heterocycles. The Kier molecular flexibility index (Phi) is 9.42. The summed E-state index contributed by atoms with van der Waals surface area (Å²) in [4.78, 5) is 34.0. The van der Waals surface area contributed by atoms with Crippen molar-refractivity contribution in [2.45, 2.75) is 32.7 Å². The lowest BCUT2D eigenvalue weighted by molar-refractivity contribution is -0.144. The third-order valence-electron chi connectivity index (χ3n) is 2.24. The summed E-state index contributed by atoms with van der Waals surface area (Å²) in [7, 11) is 1.53. The highest BCUT2D eigenvalue weighted by atomic mass is 16.5. The Bertz CT molecular complexity index is 306. The smallest absolute Gasteiger partial charge is 0.306 e. The molecule has 110 valence electrons. The molecule has 0 saturated carbocycles. The molecular formula is C12H22N2O5. The summed E-state index contributed by atoms with van der Waals surface area (Å²) in [6, 6.07) is -0.647. The van der Waals surface area contributed by atoms with Crippen LogP contribution in [0.4, 0.5) is 0 Å². The molecule has 0 fully saturated rings. The number of rotatable bonds is 9. The van der Waals surface area contributed by atoms with Gasteiger partial charge in [-0.1, -0.05) is 0 Å². The molecule has 0 aromatic heterocycles. The zero-order valence-corrected chi connectivity index (χ0v) is 11.7. The monoisotopic (exact) mass is 274 g/mol. The van der Waals surface area contributed by atoms with Gasteiger partial charge in [-0.3, -0.25) is 14.4 Å². The van der Waals surface area contributed by atoms with Gasteiger partial charge in [0, 0.05) is 20.1 Å². The van der Waals surface area contributed by atoms with Crippen LogP contribution in [0.15, 0.2) is 0 Å². The Morgan fingerprint density at radius 2 is 1.89 bits per heavy atom. The average molecular weight is 274 g/mol. The van der Waals surface area contributed by atoms with E-state index in [0.717, 1.165) is 0 Å². The second kappa shape index (κ2) is 10.3. The van der Waals surface area contributed by atoms with Crippen molar-refractivity contribution in [3.8, 4) is 0 Å². The molecule has 1 unspecified atom stereocenters. The normalized spacial score (nSPS) is 11.5. The minimum Gasteiger partial charge on any atom is -0.466 e. The standard InChI is InChI=1S/C12H22N2O5/c1-4-19-11(16)6-5-10(15)14-9(2)12(17)13-7-8-18-3/h9H,4-8H2,1-3H3,(H,13,17)(H,14,15). The van der Waals surface area contributed by atoms with Crippen molar-refractivity contribution in [3.05, 3.63) is 0 Å². The molecule has 0 aliphatic rings. The van der Waals surface area contributed by atoms with Gasteiger partial charge in [0.2, 0.25) is 11.8 Å². The zero-order chi connectivity index (χ0) is 14.7. The van der Waals surface area contributed by atoms with Crippen molar-refractivity contribution in [1.29, 1.82) is 0 Å². The molecule has 0 saturated heterocycles. The highest BCUT2D eigenvalue weighted by molar-refractivity contribution is 5.88. The van der Waals surface area contributed by atoms with Crippen LogP contribution in [0.2, 0.25) is 0 Å². The van der Waals surface area contributed by atoms with Gasteiger partial charge in [-0.2, -0.15) is 0 Å². The lowest BCUT2D eigenvalue weighted by Gasteiger charge is -2.13. The Hall–Kier alpha value is -1.63. The fourth-order valence-electron chi connectivity index (χ4n) is 1.26. The first-order valence-electron chi connectivity index (χ1n) is 6.22. The number of amides is 2. The van der Waals surface area contributed by atoms with Gasteiger partial charge in [-0.25, -0.2) is 0 Å². The maximum absolute atomic E-state index is 11.5. The van der Waals surface area contributed by atoms with Crippen LogP contribution in [0.25, 0.3) is 0 Å². The molecular weight excluding hydrogens is 252 g/mol. The Labute approximate surface area is 113 Å². The van der Waals surface area contributed by atoms with E-state index in [2.05, 4.69) is 10.6 Å². The van der Waals surface area contributed by atoms with E-state index in [1.807, 2.05) is 0 Å². The molecule has 2 amide bonds. The number of methoxy groups -OCH3 is 1. The summed E-state index contributed by atoms with van der Waals surface area (Å²) in [6.07, 6.45) is 0.0201. The van der Waals surface area contributed by atoms with Gasteiger partial charge < -0.3 is 20.1 Å². The number of carbonyl (C=O) groups excluding carboxylic acids is 3. The van der Waals surface area contributed by atoms with Crippen LogP contribution in [-0.2, 0) is 23.9 Å². The minimum absolute atomic E-state index is 0.00846. The van der Waals surface area contributed by atoms with Crippen molar-refractivity contribution in [3.63, 3.8) is 0 Å². The van der Waals surface area contributed by atoms with Gasteiger partial charge in [-0.15, -0.1) is 0 Å². The molecule has 0 rings (SSSR count). The maximum Gasteiger partial charge on any atom is 0.306 e. The second-order valence-corrected chi connectivity index (χ2v) is 3.88.